The number of aryl methyl sites for hydroxylation is 2. The van der Waals surface area contributed by atoms with Crippen LogP contribution in [0.2, 0.25) is 0 Å². The van der Waals surface area contributed by atoms with E-state index in [1.54, 1.807) is 0 Å². The van der Waals surface area contributed by atoms with Gasteiger partial charge in [0, 0.05) is 18.0 Å². The summed E-state index contributed by atoms with van der Waals surface area (Å²) in [4.78, 5) is 0. The molecule has 3 aromatic rings. The fraction of sp³-hybridized carbons (Fsp3) is 0.364. The fourth-order valence-corrected chi connectivity index (χ4v) is 3.67. The molecule has 136 valence electrons. The number of aliphatic hydroxyl groups is 1. The molecular formula is C22H25NO3. The minimum Gasteiger partial charge on any atom is -0.491 e. The molecule has 0 aliphatic heterocycles. The molecule has 2 unspecified atom stereocenters. The molecule has 0 saturated carbocycles. The number of furan rings is 1. The lowest BCUT2D eigenvalue weighted by atomic mass is 9.88. The molecule has 1 aromatic heterocycles. The summed E-state index contributed by atoms with van der Waals surface area (Å²) in [5, 5.41) is 14.8. The maximum absolute atomic E-state index is 10.2. The van der Waals surface area contributed by atoms with Crippen LogP contribution in [0.1, 0.15) is 23.3 Å². The Morgan fingerprint density at radius 3 is 2.92 bits per heavy atom. The Hall–Kier alpha value is -2.30. The van der Waals surface area contributed by atoms with Gasteiger partial charge in [0.15, 0.2) is 0 Å². The number of fused-ring (bicyclic) bond motifs is 2. The van der Waals surface area contributed by atoms with E-state index in [0.717, 1.165) is 41.7 Å². The van der Waals surface area contributed by atoms with Crippen LogP contribution in [0.5, 0.6) is 5.75 Å². The Labute approximate surface area is 153 Å². The van der Waals surface area contributed by atoms with Gasteiger partial charge in [0.25, 0.3) is 0 Å². The van der Waals surface area contributed by atoms with Gasteiger partial charge in [0.2, 0.25) is 0 Å². The Bertz CT molecular complexity index is 886. The van der Waals surface area contributed by atoms with Gasteiger partial charge in [0.1, 0.15) is 29.8 Å². The molecule has 0 fully saturated rings. The number of nitrogens with one attached hydrogen (secondary N) is 1. The van der Waals surface area contributed by atoms with Gasteiger partial charge < -0.3 is 19.6 Å². The van der Waals surface area contributed by atoms with E-state index in [4.69, 9.17) is 9.15 Å². The van der Waals surface area contributed by atoms with Gasteiger partial charge in [0.05, 0.1) is 0 Å². The van der Waals surface area contributed by atoms with Crippen molar-refractivity contribution in [2.75, 3.05) is 13.2 Å². The molecule has 0 spiro atoms. The summed E-state index contributed by atoms with van der Waals surface area (Å²) >= 11 is 0. The van der Waals surface area contributed by atoms with E-state index in [0.29, 0.717) is 12.6 Å². The summed E-state index contributed by atoms with van der Waals surface area (Å²) in [6.45, 7) is 2.75. The number of benzene rings is 2. The molecule has 2 atom stereocenters. The third kappa shape index (κ3) is 3.92. The number of ether oxygens (including phenoxy) is 1. The summed E-state index contributed by atoms with van der Waals surface area (Å²) in [6.07, 6.45) is 2.71. The van der Waals surface area contributed by atoms with E-state index in [1.807, 2.05) is 31.2 Å². The summed E-state index contributed by atoms with van der Waals surface area (Å²) < 4.78 is 11.3. The molecule has 0 amide bonds. The number of hydrogen-bond donors (Lipinski definition) is 2. The van der Waals surface area contributed by atoms with Crippen molar-refractivity contribution in [3.8, 4) is 5.75 Å². The second kappa shape index (κ2) is 7.52. The monoisotopic (exact) mass is 351 g/mol. The molecule has 26 heavy (non-hydrogen) atoms. The van der Waals surface area contributed by atoms with E-state index in [2.05, 4.69) is 29.6 Å². The normalized spacial score (nSPS) is 17.8. The summed E-state index contributed by atoms with van der Waals surface area (Å²) in [7, 11) is 0. The van der Waals surface area contributed by atoms with Crippen molar-refractivity contribution < 1.29 is 14.3 Å². The molecule has 2 N–H and O–H groups in total. The molecule has 2 aromatic carbocycles. The third-order valence-corrected chi connectivity index (χ3v) is 5.04. The standard InChI is InChI=1S/C22H25NO3/c1-15-10-18-12-21(8-9-22(18)26-15)25-14-20(24)13-23-19-7-6-16-4-2-3-5-17(16)11-19/h2-5,8-10,12,19-20,23-24H,6-7,11,13-14H2,1H3. The molecule has 1 heterocycles. The first-order valence-electron chi connectivity index (χ1n) is 9.28. The van der Waals surface area contributed by atoms with E-state index in [1.165, 1.54) is 11.1 Å². The first-order valence-corrected chi connectivity index (χ1v) is 9.28. The molecular weight excluding hydrogens is 326 g/mol. The van der Waals surface area contributed by atoms with Gasteiger partial charge in [-0.05, 0) is 61.6 Å². The molecule has 4 rings (SSSR count). The summed E-state index contributed by atoms with van der Waals surface area (Å²) in [5.74, 6) is 1.64. The van der Waals surface area contributed by atoms with Crippen molar-refractivity contribution in [1.82, 2.24) is 5.32 Å². The van der Waals surface area contributed by atoms with Crippen LogP contribution in [-0.4, -0.2) is 30.4 Å². The minimum absolute atomic E-state index is 0.276. The molecule has 1 aliphatic rings. The highest BCUT2D eigenvalue weighted by molar-refractivity contribution is 5.79. The Balaban J connectivity index is 1.25. The van der Waals surface area contributed by atoms with Crippen LogP contribution >= 0.6 is 0 Å². The van der Waals surface area contributed by atoms with Crippen molar-refractivity contribution in [3.63, 3.8) is 0 Å². The minimum atomic E-state index is -0.533. The Kier molecular flexibility index (Phi) is 4.96. The molecule has 4 heteroatoms. The highest BCUT2D eigenvalue weighted by Crippen LogP contribution is 2.24. The SMILES string of the molecule is Cc1cc2cc(OCC(O)CNC3CCc4ccccc4C3)ccc2o1. The number of rotatable bonds is 6. The van der Waals surface area contributed by atoms with Crippen LogP contribution < -0.4 is 10.1 Å². The smallest absolute Gasteiger partial charge is 0.134 e. The van der Waals surface area contributed by atoms with Crippen LogP contribution in [0.4, 0.5) is 0 Å². The molecule has 1 aliphatic carbocycles. The zero-order valence-electron chi connectivity index (χ0n) is 15.1. The predicted octanol–water partition coefficient (Wildman–Crippen LogP) is 3.63. The predicted molar refractivity (Wildman–Crippen MR) is 103 cm³/mol. The molecule has 0 saturated heterocycles. The van der Waals surface area contributed by atoms with Crippen LogP contribution in [0.25, 0.3) is 11.0 Å². The van der Waals surface area contributed by atoms with Crippen LogP contribution in [0.3, 0.4) is 0 Å². The lowest BCUT2D eigenvalue weighted by Crippen LogP contribution is -2.40. The van der Waals surface area contributed by atoms with Crippen molar-refractivity contribution in [2.24, 2.45) is 0 Å². The first kappa shape index (κ1) is 17.1. The van der Waals surface area contributed by atoms with Gasteiger partial charge in [-0.1, -0.05) is 24.3 Å². The van der Waals surface area contributed by atoms with Gasteiger partial charge in [-0.3, -0.25) is 0 Å². The summed E-state index contributed by atoms with van der Waals surface area (Å²) in [5.41, 5.74) is 3.74. The van der Waals surface area contributed by atoms with Crippen LogP contribution in [0.15, 0.2) is 52.9 Å². The highest BCUT2D eigenvalue weighted by Gasteiger charge is 2.18. The largest absolute Gasteiger partial charge is 0.491 e. The van der Waals surface area contributed by atoms with E-state index in [-0.39, 0.29) is 6.61 Å². The zero-order chi connectivity index (χ0) is 17.9. The maximum atomic E-state index is 10.2. The third-order valence-electron chi connectivity index (χ3n) is 5.04. The van der Waals surface area contributed by atoms with Gasteiger partial charge in [-0.25, -0.2) is 0 Å². The first-order chi connectivity index (χ1) is 12.7. The quantitative estimate of drug-likeness (QED) is 0.712. The zero-order valence-corrected chi connectivity index (χ0v) is 15.1. The lowest BCUT2D eigenvalue weighted by molar-refractivity contribution is 0.103. The number of aliphatic hydroxyl groups excluding tert-OH is 1. The second-order valence-electron chi connectivity index (χ2n) is 7.14. The van der Waals surface area contributed by atoms with E-state index < -0.39 is 6.10 Å². The lowest BCUT2D eigenvalue weighted by Gasteiger charge is -2.26. The van der Waals surface area contributed by atoms with Crippen molar-refractivity contribution in [3.05, 3.63) is 65.4 Å². The Morgan fingerprint density at radius 1 is 1.19 bits per heavy atom. The number of hydrogen-bond acceptors (Lipinski definition) is 4. The highest BCUT2D eigenvalue weighted by atomic mass is 16.5. The Morgan fingerprint density at radius 2 is 2.04 bits per heavy atom. The average Bonchev–Trinajstić information content (AvgIpc) is 3.03. The van der Waals surface area contributed by atoms with Crippen LogP contribution in [-0.2, 0) is 12.8 Å². The van der Waals surface area contributed by atoms with E-state index in [9.17, 15) is 5.11 Å². The van der Waals surface area contributed by atoms with E-state index >= 15 is 0 Å². The maximum Gasteiger partial charge on any atom is 0.134 e. The molecule has 4 nitrogen and oxygen atoms in total. The van der Waals surface area contributed by atoms with Crippen molar-refractivity contribution in [2.45, 2.75) is 38.3 Å². The van der Waals surface area contributed by atoms with Gasteiger partial charge >= 0.3 is 0 Å². The summed E-state index contributed by atoms with van der Waals surface area (Å²) in [6, 6.07) is 16.8. The van der Waals surface area contributed by atoms with Crippen LogP contribution in [0, 0.1) is 6.92 Å². The molecule has 0 bridgehead atoms. The van der Waals surface area contributed by atoms with Gasteiger partial charge in [-0.2, -0.15) is 0 Å². The second-order valence-corrected chi connectivity index (χ2v) is 7.14. The van der Waals surface area contributed by atoms with Crippen molar-refractivity contribution >= 4 is 11.0 Å². The molecule has 0 radical (unpaired) electrons. The van der Waals surface area contributed by atoms with Crippen molar-refractivity contribution in [1.29, 1.82) is 0 Å². The van der Waals surface area contributed by atoms with Gasteiger partial charge in [-0.15, -0.1) is 0 Å². The average molecular weight is 351 g/mol. The topological polar surface area (TPSA) is 54.6 Å². The fourth-order valence-electron chi connectivity index (χ4n) is 3.67.